The van der Waals surface area contributed by atoms with Crippen LogP contribution in [0.2, 0.25) is 0 Å². The smallest absolute Gasteiger partial charge is 0.0582 e. The first kappa shape index (κ1) is 11.0. The molecule has 1 rings (SSSR count). The summed E-state index contributed by atoms with van der Waals surface area (Å²) in [7, 11) is 0. The lowest BCUT2D eigenvalue weighted by molar-refractivity contribution is 0.0534. The number of aliphatic hydroxyl groups is 1. The summed E-state index contributed by atoms with van der Waals surface area (Å²) in [6, 6.07) is 0.698. The molecule has 1 saturated heterocycles. The van der Waals surface area contributed by atoms with Gasteiger partial charge in [-0.25, -0.2) is 0 Å². The van der Waals surface area contributed by atoms with Gasteiger partial charge in [-0.05, 0) is 32.6 Å². The number of ether oxygens (including phenoxy) is 1. The largest absolute Gasteiger partial charge is 0.395 e. The normalized spacial score (nSPS) is 24.2. The maximum Gasteiger partial charge on any atom is 0.0582 e. The van der Waals surface area contributed by atoms with Crippen LogP contribution < -0.4 is 5.32 Å². The summed E-state index contributed by atoms with van der Waals surface area (Å²) < 4.78 is 5.30. The van der Waals surface area contributed by atoms with Gasteiger partial charge in [0.1, 0.15) is 0 Å². The van der Waals surface area contributed by atoms with E-state index in [4.69, 9.17) is 9.84 Å². The lowest BCUT2D eigenvalue weighted by Crippen LogP contribution is -2.42. The van der Waals surface area contributed by atoms with Gasteiger partial charge in [0.05, 0.1) is 6.61 Å². The van der Waals surface area contributed by atoms with Gasteiger partial charge in [-0.2, -0.15) is 0 Å². The van der Waals surface area contributed by atoms with Crippen LogP contribution in [-0.2, 0) is 4.74 Å². The summed E-state index contributed by atoms with van der Waals surface area (Å²) in [6.45, 7) is 6.21. The summed E-state index contributed by atoms with van der Waals surface area (Å²) >= 11 is 0. The highest BCUT2D eigenvalue weighted by Crippen LogP contribution is 2.18. The monoisotopic (exact) mass is 187 g/mol. The number of hydrogen-bond donors (Lipinski definition) is 2. The molecule has 1 aliphatic rings. The van der Waals surface area contributed by atoms with Crippen molar-refractivity contribution in [1.29, 1.82) is 0 Å². The maximum absolute atomic E-state index is 8.89. The van der Waals surface area contributed by atoms with E-state index in [1.165, 1.54) is 0 Å². The maximum atomic E-state index is 8.89. The molecular weight excluding hydrogens is 166 g/mol. The molecule has 0 amide bonds. The molecular formula is C10H21NO2. The molecule has 0 aromatic heterocycles. The summed E-state index contributed by atoms with van der Waals surface area (Å²) in [5.74, 6) is 0.711. The first-order chi connectivity index (χ1) is 6.24. The molecule has 78 valence electrons. The molecule has 0 spiro atoms. The Morgan fingerprint density at radius 2 is 2.00 bits per heavy atom. The fourth-order valence-corrected chi connectivity index (χ4v) is 1.85. The molecule has 2 atom stereocenters. The second-order valence-corrected chi connectivity index (χ2v) is 3.99. The van der Waals surface area contributed by atoms with Gasteiger partial charge < -0.3 is 15.2 Å². The Hall–Kier alpha value is -0.120. The van der Waals surface area contributed by atoms with Crippen LogP contribution in [-0.4, -0.2) is 37.0 Å². The van der Waals surface area contributed by atoms with Crippen LogP contribution in [0.4, 0.5) is 0 Å². The number of hydrogen-bond acceptors (Lipinski definition) is 3. The van der Waals surface area contributed by atoms with Gasteiger partial charge in [-0.1, -0.05) is 0 Å². The van der Waals surface area contributed by atoms with Crippen LogP contribution in [0.3, 0.4) is 0 Å². The molecule has 1 heterocycles. The van der Waals surface area contributed by atoms with Gasteiger partial charge >= 0.3 is 0 Å². The zero-order valence-electron chi connectivity index (χ0n) is 8.62. The topological polar surface area (TPSA) is 41.5 Å². The Kier molecular flexibility index (Phi) is 4.70. The minimum atomic E-state index is 0.206. The van der Waals surface area contributed by atoms with Gasteiger partial charge in [0.25, 0.3) is 0 Å². The Balaban J connectivity index is 2.24. The fourth-order valence-electron chi connectivity index (χ4n) is 1.85. The zero-order chi connectivity index (χ0) is 9.68. The average Bonchev–Trinajstić information content (AvgIpc) is 2.19. The highest BCUT2D eigenvalue weighted by atomic mass is 16.5. The van der Waals surface area contributed by atoms with Crippen molar-refractivity contribution >= 4 is 0 Å². The Morgan fingerprint density at radius 1 is 1.38 bits per heavy atom. The number of rotatable bonds is 4. The van der Waals surface area contributed by atoms with E-state index < -0.39 is 0 Å². The molecule has 0 aromatic carbocycles. The third-order valence-corrected chi connectivity index (χ3v) is 2.79. The van der Waals surface area contributed by atoms with Crippen LogP contribution in [0.25, 0.3) is 0 Å². The van der Waals surface area contributed by atoms with E-state index in [2.05, 4.69) is 12.2 Å². The molecule has 1 aliphatic heterocycles. The van der Waals surface area contributed by atoms with E-state index >= 15 is 0 Å². The van der Waals surface area contributed by atoms with Crippen molar-refractivity contribution in [2.75, 3.05) is 19.8 Å². The lowest BCUT2D eigenvalue weighted by atomic mass is 9.92. The van der Waals surface area contributed by atoms with Crippen molar-refractivity contribution in [2.45, 2.75) is 38.8 Å². The van der Waals surface area contributed by atoms with Crippen molar-refractivity contribution in [1.82, 2.24) is 5.32 Å². The summed E-state index contributed by atoms with van der Waals surface area (Å²) in [6.07, 6.45) is 2.29. The Bertz CT molecular complexity index is 135. The molecule has 3 heteroatoms. The number of aliphatic hydroxyl groups excluding tert-OH is 1. The van der Waals surface area contributed by atoms with E-state index in [9.17, 15) is 0 Å². The van der Waals surface area contributed by atoms with Crippen molar-refractivity contribution in [3.8, 4) is 0 Å². The van der Waals surface area contributed by atoms with Crippen molar-refractivity contribution in [2.24, 2.45) is 5.92 Å². The van der Waals surface area contributed by atoms with Crippen LogP contribution >= 0.6 is 0 Å². The second kappa shape index (κ2) is 5.58. The first-order valence-corrected chi connectivity index (χ1v) is 5.18. The van der Waals surface area contributed by atoms with E-state index in [0.29, 0.717) is 12.0 Å². The SMILES string of the molecule is CC(N[C@H](C)CO)C1CCOCC1. The second-order valence-electron chi connectivity index (χ2n) is 3.99. The van der Waals surface area contributed by atoms with E-state index in [1.54, 1.807) is 0 Å². The minimum absolute atomic E-state index is 0.206. The highest BCUT2D eigenvalue weighted by molar-refractivity contribution is 4.76. The predicted molar refractivity (Wildman–Crippen MR) is 52.7 cm³/mol. The minimum Gasteiger partial charge on any atom is -0.395 e. The molecule has 0 bridgehead atoms. The Morgan fingerprint density at radius 3 is 2.54 bits per heavy atom. The molecule has 13 heavy (non-hydrogen) atoms. The Labute approximate surface area is 80.5 Å². The van der Waals surface area contributed by atoms with Gasteiger partial charge in [0.2, 0.25) is 0 Å². The lowest BCUT2D eigenvalue weighted by Gasteiger charge is -2.30. The fraction of sp³-hybridized carbons (Fsp3) is 1.00. The summed E-state index contributed by atoms with van der Waals surface area (Å²) in [5.41, 5.74) is 0. The standard InChI is InChI=1S/C10H21NO2/c1-8(7-12)11-9(2)10-3-5-13-6-4-10/h8-12H,3-7H2,1-2H3/t8-,9?/m1/s1. The van der Waals surface area contributed by atoms with Gasteiger partial charge in [-0.15, -0.1) is 0 Å². The summed E-state index contributed by atoms with van der Waals surface area (Å²) in [4.78, 5) is 0. The van der Waals surface area contributed by atoms with Crippen LogP contribution in [0, 0.1) is 5.92 Å². The van der Waals surface area contributed by atoms with Gasteiger partial charge in [-0.3, -0.25) is 0 Å². The molecule has 1 unspecified atom stereocenters. The summed E-state index contributed by atoms with van der Waals surface area (Å²) in [5, 5.41) is 12.3. The quantitative estimate of drug-likeness (QED) is 0.683. The predicted octanol–water partition coefficient (Wildman–Crippen LogP) is 0.772. The third-order valence-electron chi connectivity index (χ3n) is 2.79. The van der Waals surface area contributed by atoms with E-state index in [-0.39, 0.29) is 12.6 Å². The molecule has 0 radical (unpaired) electrons. The third kappa shape index (κ3) is 3.63. The zero-order valence-corrected chi connectivity index (χ0v) is 8.62. The van der Waals surface area contributed by atoms with E-state index in [1.807, 2.05) is 6.92 Å². The van der Waals surface area contributed by atoms with Crippen molar-refractivity contribution in [3.05, 3.63) is 0 Å². The molecule has 3 nitrogen and oxygen atoms in total. The molecule has 0 aliphatic carbocycles. The molecule has 1 fully saturated rings. The number of nitrogens with one attached hydrogen (secondary N) is 1. The first-order valence-electron chi connectivity index (χ1n) is 5.18. The van der Waals surface area contributed by atoms with Crippen LogP contribution in [0.15, 0.2) is 0 Å². The molecule has 2 N–H and O–H groups in total. The van der Waals surface area contributed by atoms with Crippen LogP contribution in [0.1, 0.15) is 26.7 Å². The highest BCUT2D eigenvalue weighted by Gasteiger charge is 2.20. The molecule has 0 aromatic rings. The van der Waals surface area contributed by atoms with Crippen LogP contribution in [0.5, 0.6) is 0 Å². The van der Waals surface area contributed by atoms with Crippen molar-refractivity contribution in [3.63, 3.8) is 0 Å². The molecule has 0 saturated carbocycles. The average molecular weight is 187 g/mol. The van der Waals surface area contributed by atoms with Gasteiger partial charge in [0.15, 0.2) is 0 Å². The van der Waals surface area contributed by atoms with Gasteiger partial charge in [0, 0.05) is 25.3 Å². The van der Waals surface area contributed by atoms with E-state index in [0.717, 1.165) is 26.1 Å². The van der Waals surface area contributed by atoms with Crippen molar-refractivity contribution < 1.29 is 9.84 Å².